The molecule has 1 aromatic rings. The molecule has 0 spiro atoms. The Bertz CT molecular complexity index is 541. The molecule has 106 valence electrons. The summed E-state index contributed by atoms with van der Waals surface area (Å²) in [5.74, 6) is -0.502. The maximum atomic E-state index is 12.3. The molecule has 20 heavy (non-hydrogen) atoms. The summed E-state index contributed by atoms with van der Waals surface area (Å²) < 4.78 is 0. The number of urea groups is 1. The monoisotopic (exact) mass is 277 g/mol. The van der Waals surface area contributed by atoms with E-state index in [9.17, 15) is 19.7 Å². The van der Waals surface area contributed by atoms with Crippen molar-refractivity contribution < 1.29 is 14.5 Å². The van der Waals surface area contributed by atoms with Crippen LogP contribution >= 0.6 is 0 Å². The Morgan fingerprint density at radius 1 is 1.35 bits per heavy atom. The summed E-state index contributed by atoms with van der Waals surface area (Å²) in [6.07, 6.45) is 1.54. The van der Waals surface area contributed by atoms with Gasteiger partial charge in [0, 0.05) is 18.7 Å². The van der Waals surface area contributed by atoms with Crippen molar-refractivity contribution >= 4 is 23.3 Å². The maximum absolute atomic E-state index is 12.3. The maximum Gasteiger partial charge on any atom is 0.328 e. The Balaban J connectivity index is 2.26. The number of imide groups is 1. The quantitative estimate of drug-likeness (QED) is 0.673. The van der Waals surface area contributed by atoms with E-state index in [1.807, 2.05) is 6.92 Å². The Kier molecular flexibility index (Phi) is 3.97. The molecule has 1 atom stereocenters. The van der Waals surface area contributed by atoms with Crippen LogP contribution < -0.4 is 10.2 Å². The number of benzene rings is 1. The molecule has 2 rings (SSSR count). The molecule has 3 amide bonds. The standard InChI is InChI=1S/C13H15N3O4/c1-2-3-9-8-14-13(18)15(12(9)17)10-4-6-11(7-5-10)16(19)20/h4-7,9H,2-3,8H2,1H3,(H,14,18). The Morgan fingerprint density at radius 3 is 2.55 bits per heavy atom. The molecule has 0 saturated carbocycles. The van der Waals surface area contributed by atoms with Crippen LogP contribution in [0.3, 0.4) is 0 Å². The summed E-state index contributed by atoms with van der Waals surface area (Å²) in [6, 6.07) is 4.88. The molecule has 1 fully saturated rings. The predicted molar refractivity (Wildman–Crippen MR) is 72.4 cm³/mol. The Hall–Kier alpha value is -2.44. The van der Waals surface area contributed by atoms with E-state index in [1.54, 1.807) is 0 Å². The number of nitro groups is 1. The fraction of sp³-hybridized carbons (Fsp3) is 0.385. The highest BCUT2D eigenvalue weighted by molar-refractivity contribution is 6.16. The van der Waals surface area contributed by atoms with Crippen LogP contribution in [0.4, 0.5) is 16.2 Å². The van der Waals surface area contributed by atoms with Crippen molar-refractivity contribution in [1.82, 2.24) is 5.32 Å². The number of nitrogens with one attached hydrogen (secondary N) is 1. The van der Waals surface area contributed by atoms with Gasteiger partial charge in [-0.25, -0.2) is 9.69 Å². The highest BCUT2D eigenvalue weighted by Gasteiger charge is 2.34. The number of carbonyl (C=O) groups is 2. The van der Waals surface area contributed by atoms with Crippen molar-refractivity contribution in [3.8, 4) is 0 Å². The SMILES string of the molecule is CCCC1CNC(=O)N(c2ccc([N+](=O)[O-])cc2)C1=O. The number of nitrogens with zero attached hydrogens (tertiary/aromatic N) is 2. The van der Waals surface area contributed by atoms with Crippen molar-refractivity contribution in [2.24, 2.45) is 5.92 Å². The molecule has 0 radical (unpaired) electrons. The first-order valence-corrected chi connectivity index (χ1v) is 6.41. The van der Waals surface area contributed by atoms with Crippen molar-refractivity contribution in [1.29, 1.82) is 0 Å². The average molecular weight is 277 g/mol. The molecule has 1 N–H and O–H groups in total. The zero-order valence-corrected chi connectivity index (χ0v) is 11.0. The van der Waals surface area contributed by atoms with E-state index >= 15 is 0 Å². The zero-order valence-electron chi connectivity index (χ0n) is 11.0. The van der Waals surface area contributed by atoms with Crippen LogP contribution in [0.2, 0.25) is 0 Å². The van der Waals surface area contributed by atoms with Gasteiger partial charge in [-0.05, 0) is 18.6 Å². The second-order valence-electron chi connectivity index (χ2n) is 4.62. The average Bonchev–Trinajstić information content (AvgIpc) is 2.43. The molecule has 1 heterocycles. The van der Waals surface area contributed by atoms with Crippen LogP contribution in [0.15, 0.2) is 24.3 Å². The third kappa shape index (κ3) is 2.61. The summed E-state index contributed by atoms with van der Waals surface area (Å²) in [7, 11) is 0. The van der Waals surface area contributed by atoms with E-state index in [4.69, 9.17) is 0 Å². The Labute approximate surface area is 115 Å². The molecule has 1 aromatic carbocycles. The van der Waals surface area contributed by atoms with Gasteiger partial charge in [-0.15, -0.1) is 0 Å². The van der Waals surface area contributed by atoms with Crippen molar-refractivity contribution in [2.75, 3.05) is 11.4 Å². The number of nitro benzene ring substituents is 1. The minimum absolute atomic E-state index is 0.0799. The second kappa shape index (κ2) is 5.68. The molecule has 1 saturated heterocycles. The summed E-state index contributed by atoms with van der Waals surface area (Å²) in [4.78, 5) is 35.2. The molecule has 7 nitrogen and oxygen atoms in total. The fourth-order valence-electron chi connectivity index (χ4n) is 2.20. The van der Waals surface area contributed by atoms with Gasteiger partial charge < -0.3 is 5.32 Å². The fourth-order valence-corrected chi connectivity index (χ4v) is 2.20. The molecular formula is C13H15N3O4. The minimum Gasteiger partial charge on any atom is -0.337 e. The number of rotatable bonds is 4. The number of hydrogen-bond acceptors (Lipinski definition) is 4. The van der Waals surface area contributed by atoms with Crippen molar-refractivity contribution in [3.05, 3.63) is 34.4 Å². The number of anilines is 1. The van der Waals surface area contributed by atoms with E-state index in [2.05, 4.69) is 5.32 Å². The lowest BCUT2D eigenvalue weighted by Gasteiger charge is -2.31. The third-order valence-corrected chi connectivity index (χ3v) is 3.23. The molecule has 1 unspecified atom stereocenters. The van der Waals surface area contributed by atoms with E-state index in [-0.39, 0.29) is 17.5 Å². The molecule has 0 bridgehead atoms. The largest absolute Gasteiger partial charge is 0.337 e. The number of non-ortho nitro benzene ring substituents is 1. The van der Waals surface area contributed by atoms with Gasteiger partial charge >= 0.3 is 6.03 Å². The van der Waals surface area contributed by atoms with Crippen molar-refractivity contribution in [3.63, 3.8) is 0 Å². The predicted octanol–water partition coefficient (Wildman–Crippen LogP) is 2.07. The normalized spacial score (nSPS) is 18.9. The minimum atomic E-state index is -0.526. The van der Waals surface area contributed by atoms with Gasteiger partial charge in [-0.2, -0.15) is 0 Å². The third-order valence-electron chi connectivity index (χ3n) is 3.23. The highest BCUT2D eigenvalue weighted by Crippen LogP contribution is 2.24. The van der Waals surface area contributed by atoms with Gasteiger partial charge in [0.05, 0.1) is 16.5 Å². The lowest BCUT2D eigenvalue weighted by atomic mass is 10.00. The first-order chi connectivity index (χ1) is 9.54. The first-order valence-electron chi connectivity index (χ1n) is 6.41. The van der Waals surface area contributed by atoms with Crippen LogP contribution in [0.5, 0.6) is 0 Å². The van der Waals surface area contributed by atoms with E-state index in [1.165, 1.54) is 24.3 Å². The molecular weight excluding hydrogens is 262 g/mol. The lowest BCUT2D eigenvalue weighted by Crippen LogP contribution is -2.55. The first kappa shape index (κ1) is 14.0. The van der Waals surface area contributed by atoms with E-state index in [0.717, 1.165) is 11.3 Å². The van der Waals surface area contributed by atoms with Gasteiger partial charge in [0.1, 0.15) is 0 Å². The van der Waals surface area contributed by atoms with Gasteiger partial charge in [-0.1, -0.05) is 13.3 Å². The summed E-state index contributed by atoms with van der Waals surface area (Å²) in [5, 5.41) is 13.3. The van der Waals surface area contributed by atoms with Gasteiger partial charge in [0.25, 0.3) is 5.69 Å². The summed E-state index contributed by atoms with van der Waals surface area (Å²) in [5.41, 5.74) is 0.266. The molecule has 1 aliphatic heterocycles. The van der Waals surface area contributed by atoms with Crippen LogP contribution in [0.25, 0.3) is 0 Å². The molecule has 1 aliphatic rings. The number of hydrogen-bond donors (Lipinski definition) is 1. The number of carbonyl (C=O) groups excluding carboxylic acids is 2. The van der Waals surface area contributed by atoms with Gasteiger partial charge in [0.2, 0.25) is 5.91 Å². The number of amides is 3. The van der Waals surface area contributed by atoms with Gasteiger partial charge in [0.15, 0.2) is 0 Å². The second-order valence-corrected chi connectivity index (χ2v) is 4.62. The zero-order chi connectivity index (χ0) is 14.7. The topological polar surface area (TPSA) is 92.6 Å². The summed E-state index contributed by atoms with van der Waals surface area (Å²) in [6.45, 7) is 2.31. The van der Waals surface area contributed by atoms with Crippen molar-refractivity contribution in [2.45, 2.75) is 19.8 Å². The molecule has 0 aromatic heterocycles. The summed E-state index contributed by atoms with van der Waals surface area (Å²) >= 11 is 0. The molecule has 7 heteroatoms. The highest BCUT2D eigenvalue weighted by atomic mass is 16.6. The van der Waals surface area contributed by atoms with Crippen LogP contribution in [0.1, 0.15) is 19.8 Å². The Morgan fingerprint density at radius 2 is 2.00 bits per heavy atom. The van der Waals surface area contributed by atoms with E-state index in [0.29, 0.717) is 18.7 Å². The smallest absolute Gasteiger partial charge is 0.328 e. The van der Waals surface area contributed by atoms with Gasteiger partial charge in [-0.3, -0.25) is 14.9 Å². The van der Waals surface area contributed by atoms with E-state index < -0.39 is 11.0 Å². The molecule has 0 aliphatic carbocycles. The van der Waals surface area contributed by atoms with Crippen LogP contribution in [0, 0.1) is 16.0 Å². The van der Waals surface area contributed by atoms with Crippen LogP contribution in [-0.2, 0) is 4.79 Å². The lowest BCUT2D eigenvalue weighted by molar-refractivity contribution is -0.384. The van der Waals surface area contributed by atoms with Crippen LogP contribution in [-0.4, -0.2) is 23.4 Å².